The van der Waals surface area contributed by atoms with Crippen molar-refractivity contribution in [3.8, 4) is 0 Å². The van der Waals surface area contributed by atoms with Crippen LogP contribution in [0, 0.1) is 0 Å². The summed E-state index contributed by atoms with van der Waals surface area (Å²) < 4.78 is 0. The Labute approximate surface area is 129 Å². The molecule has 0 saturated carbocycles. The second-order valence-corrected chi connectivity index (χ2v) is 6.40. The molecule has 4 heteroatoms. The zero-order valence-electron chi connectivity index (χ0n) is 11.8. The van der Waals surface area contributed by atoms with E-state index in [0.717, 1.165) is 30.8 Å². The van der Waals surface area contributed by atoms with E-state index >= 15 is 0 Å². The summed E-state index contributed by atoms with van der Waals surface area (Å²) in [4.78, 5) is 18.4. The van der Waals surface area contributed by atoms with Gasteiger partial charge in [-0.1, -0.05) is 30.3 Å². The summed E-state index contributed by atoms with van der Waals surface area (Å²) in [5, 5.41) is 0.487. The average Bonchev–Trinajstić information content (AvgIpc) is 2.82. The highest BCUT2D eigenvalue weighted by Gasteiger charge is 2.22. The van der Waals surface area contributed by atoms with E-state index in [-0.39, 0.29) is 5.91 Å². The molecule has 2 aromatic rings. The van der Waals surface area contributed by atoms with Crippen molar-refractivity contribution in [2.45, 2.75) is 11.7 Å². The predicted octanol–water partition coefficient (Wildman–Crippen LogP) is 3.40. The third-order valence-electron chi connectivity index (χ3n) is 3.73. The van der Waals surface area contributed by atoms with Crippen LogP contribution in [0.5, 0.6) is 0 Å². The van der Waals surface area contributed by atoms with Gasteiger partial charge < -0.3 is 4.90 Å². The fourth-order valence-electron chi connectivity index (χ4n) is 2.58. The van der Waals surface area contributed by atoms with Crippen LogP contribution in [0.15, 0.2) is 54.9 Å². The number of carbonyl (C=O) groups is 1. The Morgan fingerprint density at radius 1 is 1.10 bits per heavy atom. The van der Waals surface area contributed by atoms with Gasteiger partial charge in [0.2, 0.25) is 0 Å². The van der Waals surface area contributed by atoms with E-state index in [1.54, 1.807) is 24.5 Å². The Morgan fingerprint density at radius 2 is 1.86 bits per heavy atom. The molecule has 1 aliphatic heterocycles. The molecule has 1 aromatic carbocycles. The van der Waals surface area contributed by atoms with Crippen LogP contribution in [-0.4, -0.2) is 34.6 Å². The SMILES string of the molecule is O=C(c1ccncc1)N1CCS[C@@H](c2ccccc2)CC1. The van der Waals surface area contributed by atoms with Gasteiger partial charge in [-0.15, -0.1) is 0 Å². The lowest BCUT2D eigenvalue weighted by Gasteiger charge is -2.20. The second-order valence-electron chi connectivity index (χ2n) is 5.09. The standard InChI is InChI=1S/C17H18N2OS/c20-17(15-6-9-18-10-7-15)19-11-8-16(21-13-12-19)14-4-2-1-3-5-14/h1-7,9-10,16H,8,11-13H2/t16-/m1/s1. The lowest BCUT2D eigenvalue weighted by Crippen LogP contribution is -2.32. The van der Waals surface area contributed by atoms with E-state index in [0.29, 0.717) is 5.25 Å². The zero-order valence-corrected chi connectivity index (χ0v) is 12.6. The first-order valence-electron chi connectivity index (χ1n) is 7.20. The number of hydrogen-bond donors (Lipinski definition) is 0. The van der Waals surface area contributed by atoms with Crippen molar-refractivity contribution in [3.05, 3.63) is 66.0 Å². The van der Waals surface area contributed by atoms with Gasteiger partial charge in [-0.3, -0.25) is 9.78 Å². The third kappa shape index (κ3) is 3.45. The van der Waals surface area contributed by atoms with Crippen molar-refractivity contribution in [1.82, 2.24) is 9.88 Å². The number of rotatable bonds is 2. The lowest BCUT2D eigenvalue weighted by molar-refractivity contribution is 0.0766. The first-order valence-corrected chi connectivity index (χ1v) is 8.25. The molecule has 1 amide bonds. The molecule has 1 fully saturated rings. The fraction of sp³-hybridized carbons (Fsp3) is 0.294. The minimum Gasteiger partial charge on any atom is -0.338 e. The van der Waals surface area contributed by atoms with E-state index in [4.69, 9.17) is 0 Å². The Balaban J connectivity index is 1.67. The van der Waals surface area contributed by atoms with E-state index in [9.17, 15) is 4.79 Å². The molecule has 0 N–H and O–H groups in total. The monoisotopic (exact) mass is 298 g/mol. The molecule has 1 atom stereocenters. The fourth-order valence-corrected chi connectivity index (χ4v) is 3.82. The molecule has 1 saturated heterocycles. The van der Waals surface area contributed by atoms with Crippen molar-refractivity contribution < 1.29 is 4.79 Å². The van der Waals surface area contributed by atoms with Gasteiger partial charge in [-0.05, 0) is 24.1 Å². The Hall–Kier alpha value is -1.81. The quantitative estimate of drug-likeness (QED) is 0.852. The van der Waals surface area contributed by atoms with Crippen molar-refractivity contribution >= 4 is 17.7 Å². The summed E-state index contributed by atoms with van der Waals surface area (Å²) in [7, 11) is 0. The Morgan fingerprint density at radius 3 is 2.62 bits per heavy atom. The van der Waals surface area contributed by atoms with E-state index in [1.807, 2.05) is 22.7 Å². The number of nitrogens with zero attached hydrogens (tertiary/aromatic N) is 2. The summed E-state index contributed by atoms with van der Waals surface area (Å²) >= 11 is 1.95. The highest BCUT2D eigenvalue weighted by Crippen LogP contribution is 2.34. The number of benzene rings is 1. The number of amides is 1. The molecule has 0 radical (unpaired) electrons. The summed E-state index contributed by atoms with van der Waals surface area (Å²) in [5.74, 6) is 1.10. The second kappa shape index (κ2) is 6.76. The molecule has 1 aromatic heterocycles. The first-order chi connectivity index (χ1) is 10.3. The van der Waals surface area contributed by atoms with Crippen LogP contribution < -0.4 is 0 Å². The number of pyridine rings is 1. The van der Waals surface area contributed by atoms with Crippen LogP contribution in [0.2, 0.25) is 0 Å². The van der Waals surface area contributed by atoms with E-state index < -0.39 is 0 Å². The average molecular weight is 298 g/mol. The number of thioether (sulfide) groups is 1. The normalized spacial score (nSPS) is 19.0. The lowest BCUT2D eigenvalue weighted by atomic mass is 10.1. The molecular weight excluding hydrogens is 280 g/mol. The molecule has 1 aliphatic rings. The zero-order chi connectivity index (χ0) is 14.5. The third-order valence-corrected chi connectivity index (χ3v) is 5.06. The highest BCUT2D eigenvalue weighted by atomic mass is 32.2. The van der Waals surface area contributed by atoms with Crippen LogP contribution in [0.25, 0.3) is 0 Å². The molecule has 0 unspecified atom stereocenters. The molecule has 0 spiro atoms. The van der Waals surface area contributed by atoms with Crippen LogP contribution in [0.3, 0.4) is 0 Å². The largest absolute Gasteiger partial charge is 0.338 e. The maximum Gasteiger partial charge on any atom is 0.253 e. The smallest absolute Gasteiger partial charge is 0.253 e. The van der Waals surface area contributed by atoms with Gasteiger partial charge in [-0.25, -0.2) is 0 Å². The predicted molar refractivity (Wildman–Crippen MR) is 86.4 cm³/mol. The van der Waals surface area contributed by atoms with Crippen LogP contribution >= 0.6 is 11.8 Å². The van der Waals surface area contributed by atoms with Crippen molar-refractivity contribution in [3.63, 3.8) is 0 Å². The summed E-state index contributed by atoms with van der Waals surface area (Å²) in [6.45, 7) is 1.63. The van der Waals surface area contributed by atoms with Crippen molar-refractivity contribution in [2.75, 3.05) is 18.8 Å². The molecule has 108 valence electrons. The number of hydrogen-bond acceptors (Lipinski definition) is 3. The first kappa shape index (κ1) is 14.1. The minimum absolute atomic E-state index is 0.117. The van der Waals surface area contributed by atoms with Crippen LogP contribution in [0.1, 0.15) is 27.6 Å². The summed E-state index contributed by atoms with van der Waals surface area (Å²) in [6, 6.07) is 14.1. The molecule has 2 heterocycles. The molecule has 21 heavy (non-hydrogen) atoms. The maximum atomic E-state index is 12.5. The number of carbonyl (C=O) groups excluding carboxylic acids is 1. The molecule has 3 rings (SSSR count). The van der Waals surface area contributed by atoms with Gasteiger partial charge in [0, 0.05) is 42.0 Å². The van der Waals surface area contributed by atoms with Crippen molar-refractivity contribution in [2.24, 2.45) is 0 Å². The molecule has 0 bridgehead atoms. The van der Waals surface area contributed by atoms with Crippen LogP contribution in [-0.2, 0) is 0 Å². The summed E-state index contributed by atoms with van der Waals surface area (Å²) in [6.07, 6.45) is 4.35. The Kier molecular flexibility index (Phi) is 4.55. The Bertz CT molecular complexity index is 588. The summed E-state index contributed by atoms with van der Waals surface area (Å²) in [5.41, 5.74) is 2.09. The topological polar surface area (TPSA) is 33.2 Å². The van der Waals surface area contributed by atoms with Crippen molar-refractivity contribution in [1.29, 1.82) is 0 Å². The molecular formula is C17H18N2OS. The highest BCUT2D eigenvalue weighted by molar-refractivity contribution is 7.99. The minimum atomic E-state index is 0.117. The van der Waals surface area contributed by atoms with Crippen LogP contribution in [0.4, 0.5) is 0 Å². The molecule has 3 nitrogen and oxygen atoms in total. The number of aromatic nitrogens is 1. The van der Waals surface area contributed by atoms with Gasteiger partial charge in [0.15, 0.2) is 0 Å². The van der Waals surface area contributed by atoms with Gasteiger partial charge >= 0.3 is 0 Å². The van der Waals surface area contributed by atoms with E-state index in [1.165, 1.54) is 5.56 Å². The van der Waals surface area contributed by atoms with Gasteiger partial charge in [-0.2, -0.15) is 11.8 Å². The molecule has 0 aliphatic carbocycles. The van der Waals surface area contributed by atoms with Gasteiger partial charge in [0.1, 0.15) is 0 Å². The maximum absolute atomic E-state index is 12.5. The van der Waals surface area contributed by atoms with Gasteiger partial charge in [0.25, 0.3) is 5.91 Å². The van der Waals surface area contributed by atoms with Gasteiger partial charge in [0.05, 0.1) is 0 Å². The van der Waals surface area contributed by atoms with E-state index in [2.05, 4.69) is 29.2 Å².